The van der Waals surface area contributed by atoms with Crippen molar-refractivity contribution in [1.29, 1.82) is 0 Å². The van der Waals surface area contributed by atoms with Gasteiger partial charge in [0.05, 0.1) is 30.8 Å². The average Bonchev–Trinajstić information content (AvgIpc) is 2.94. The van der Waals surface area contributed by atoms with Crippen LogP contribution in [-0.4, -0.2) is 76.6 Å². The number of methoxy groups -OCH3 is 1. The molecule has 25 heavy (non-hydrogen) atoms. The Morgan fingerprint density at radius 2 is 1.96 bits per heavy atom. The molecule has 2 saturated heterocycles. The molecular weight excluding hydrogens is 342 g/mol. The van der Waals surface area contributed by atoms with Crippen LogP contribution in [0.15, 0.2) is 24.3 Å². The average molecular weight is 367 g/mol. The quantitative estimate of drug-likeness (QED) is 0.796. The number of para-hydroxylation sites is 2. The smallest absolute Gasteiger partial charge is 0.234 e. The first kappa shape index (κ1) is 18.0. The lowest BCUT2D eigenvalue weighted by molar-refractivity contribution is -0.122. The van der Waals surface area contributed by atoms with Gasteiger partial charge in [0.1, 0.15) is 5.75 Å². The minimum Gasteiger partial charge on any atom is -0.495 e. The van der Waals surface area contributed by atoms with Gasteiger partial charge in [-0.3, -0.25) is 9.69 Å². The number of nitrogens with one attached hydrogen (secondary N) is 1. The SMILES string of the molecule is COc1ccccc1N1CCN(CC(=O)NC2CCS(=O)(=O)C2)CC1. The van der Waals surface area contributed by atoms with E-state index in [0.717, 1.165) is 37.6 Å². The lowest BCUT2D eigenvalue weighted by Crippen LogP contribution is -2.50. The van der Waals surface area contributed by atoms with Crippen molar-refractivity contribution in [3.63, 3.8) is 0 Å². The van der Waals surface area contributed by atoms with E-state index in [-0.39, 0.29) is 23.5 Å². The van der Waals surface area contributed by atoms with E-state index in [1.807, 2.05) is 24.3 Å². The third kappa shape index (κ3) is 4.64. The lowest BCUT2D eigenvalue weighted by atomic mass is 10.2. The van der Waals surface area contributed by atoms with Crippen LogP contribution in [0.4, 0.5) is 5.69 Å². The number of carbonyl (C=O) groups is 1. The fourth-order valence-electron chi connectivity index (χ4n) is 3.42. The predicted molar refractivity (Wildman–Crippen MR) is 96.8 cm³/mol. The van der Waals surface area contributed by atoms with Crippen molar-refractivity contribution in [2.75, 3.05) is 56.2 Å². The van der Waals surface area contributed by atoms with Gasteiger partial charge in [-0.15, -0.1) is 0 Å². The molecule has 2 aliphatic rings. The molecule has 0 spiro atoms. The van der Waals surface area contributed by atoms with Crippen LogP contribution >= 0.6 is 0 Å². The second-order valence-electron chi connectivity index (χ2n) is 6.60. The van der Waals surface area contributed by atoms with Crippen LogP contribution in [0, 0.1) is 0 Å². The highest BCUT2D eigenvalue weighted by Crippen LogP contribution is 2.28. The van der Waals surface area contributed by atoms with Crippen LogP contribution in [0.3, 0.4) is 0 Å². The highest BCUT2D eigenvalue weighted by molar-refractivity contribution is 7.91. The first-order valence-corrected chi connectivity index (χ1v) is 10.4. The van der Waals surface area contributed by atoms with E-state index in [4.69, 9.17) is 4.74 Å². The minimum absolute atomic E-state index is 0.0698. The highest BCUT2D eigenvalue weighted by Gasteiger charge is 2.29. The number of carbonyl (C=O) groups excluding carboxylic acids is 1. The summed E-state index contributed by atoms with van der Waals surface area (Å²) in [6.07, 6.45) is 0.523. The molecule has 0 aromatic heterocycles. The number of nitrogens with zero attached hydrogens (tertiary/aromatic N) is 2. The van der Waals surface area contributed by atoms with Crippen LogP contribution in [0.5, 0.6) is 5.75 Å². The molecule has 7 nitrogen and oxygen atoms in total. The first-order valence-electron chi connectivity index (χ1n) is 8.57. The predicted octanol–water partition coefficient (Wildman–Crippen LogP) is 0.121. The molecule has 0 bridgehead atoms. The van der Waals surface area contributed by atoms with Gasteiger partial charge in [0, 0.05) is 32.2 Å². The maximum atomic E-state index is 12.1. The summed E-state index contributed by atoms with van der Waals surface area (Å²) in [5.41, 5.74) is 1.07. The minimum atomic E-state index is -2.97. The van der Waals surface area contributed by atoms with Gasteiger partial charge in [-0.1, -0.05) is 12.1 Å². The van der Waals surface area contributed by atoms with Gasteiger partial charge < -0.3 is 15.0 Å². The number of benzene rings is 1. The summed E-state index contributed by atoms with van der Waals surface area (Å²) in [4.78, 5) is 16.5. The van der Waals surface area contributed by atoms with Gasteiger partial charge in [-0.25, -0.2) is 8.42 Å². The second kappa shape index (κ2) is 7.61. The molecule has 0 aliphatic carbocycles. The summed E-state index contributed by atoms with van der Waals surface area (Å²) in [5.74, 6) is 1.01. The third-order valence-corrected chi connectivity index (χ3v) is 6.53. The Morgan fingerprint density at radius 3 is 2.60 bits per heavy atom. The van der Waals surface area contributed by atoms with Gasteiger partial charge in [-0.05, 0) is 18.6 Å². The van der Waals surface area contributed by atoms with Crippen molar-refractivity contribution in [2.45, 2.75) is 12.5 Å². The van der Waals surface area contributed by atoms with Crippen molar-refractivity contribution in [2.24, 2.45) is 0 Å². The number of amides is 1. The van der Waals surface area contributed by atoms with Gasteiger partial charge >= 0.3 is 0 Å². The van der Waals surface area contributed by atoms with Crippen molar-refractivity contribution >= 4 is 21.4 Å². The second-order valence-corrected chi connectivity index (χ2v) is 8.83. The molecule has 8 heteroatoms. The molecule has 1 unspecified atom stereocenters. The molecular formula is C17H25N3O4S. The summed E-state index contributed by atoms with van der Waals surface area (Å²) in [6.45, 7) is 3.54. The number of rotatable bonds is 5. The molecule has 1 aromatic carbocycles. The van der Waals surface area contributed by atoms with E-state index in [1.54, 1.807) is 7.11 Å². The molecule has 138 valence electrons. The van der Waals surface area contributed by atoms with E-state index >= 15 is 0 Å². The van der Waals surface area contributed by atoms with Crippen LogP contribution < -0.4 is 15.0 Å². The summed E-state index contributed by atoms with van der Waals surface area (Å²) < 4.78 is 28.3. The summed E-state index contributed by atoms with van der Waals surface area (Å²) >= 11 is 0. The van der Waals surface area contributed by atoms with E-state index in [0.29, 0.717) is 13.0 Å². The first-order chi connectivity index (χ1) is 12.0. The number of hydrogen-bond acceptors (Lipinski definition) is 6. The van der Waals surface area contributed by atoms with Crippen molar-refractivity contribution < 1.29 is 17.9 Å². The number of hydrogen-bond donors (Lipinski definition) is 1. The molecule has 2 heterocycles. The number of anilines is 1. The van der Waals surface area contributed by atoms with Crippen LogP contribution in [-0.2, 0) is 14.6 Å². The van der Waals surface area contributed by atoms with E-state index in [2.05, 4.69) is 15.1 Å². The Hall–Kier alpha value is -1.80. The number of piperazine rings is 1. The van der Waals surface area contributed by atoms with E-state index in [9.17, 15) is 13.2 Å². The van der Waals surface area contributed by atoms with Crippen molar-refractivity contribution in [1.82, 2.24) is 10.2 Å². The topological polar surface area (TPSA) is 79.0 Å². The largest absolute Gasteiger partial charge is 0.495 e. The molecule has 0 radical (unpaired) electrons. The third-order valence-electron chi connectivity index (χ3n) is 4.76. The molecule has 1 N–H and O–H groups in total. The fraction of sp³-hybridized carbons (Fsp3) is 0.588. The Morgan fingerprint density at radius 1 is 1.24 bits per heavy atom. The molecule has 1 aromatic rings. The Balaban J connectivity index is 1.47. The fourth-order valence-corrected chi connectivity index (χ4v) is 5.10. The van der Waals surface area contributed by atoms with Crippen molar-refractivity contribution in [3.8, 4) is 5.75 Å². The Kier molecular flexibility index (Phi) is 5.48. The Labute approximate surface area is 148 Å². The van der Waals surface area contributed by atoms with Gasteiger partial charge in [0.2, 0.25) is 5.91 Å². The summed E-state index contributed by atoms with van der Waals surface area (Å²) in [6, 6.07) is 7.71. The standard InChI is InChI=1S/C17H25N3O4S/c1-24-16-5-3-2-4-15(16)20-9-7-19(8-10-20)12-17(21)18-14-6-11-25(22,23)13-14/h2-5,14H,6-13H2,1H3,(H,18,21). The van der Waals surface area contributed by atoms with E-state index < -0.39 is 9.84 Å². The maximum Gasteiger partial charge on any atom is 0.234 e. The molecule has 3 rings (SSSR count). The number of sulfone groups is 1. The molecule has 2 aliphatic heterocycles. The summed E-state index contributed by atoms with van der Waals surface area (Å²) in [5, 5.41) is 2.85. The molecule has 0 saturated carbocycles. The summed E-state index contributed by atoms with van der Waals surface area (Å²) in [7, 11) is -1.30. The molecule has 1 amide bonds. The zero-order valence-electron chi connectivity index (χ0n) is 14.5. The van der Waals surface area contributed by atoms with Crippen LogP contribution in [0.1, 0.15) is 6.42 Å². The normalized spacial score (nSPS) is 23.4. The zero-order chi connectivity index (χ0) is 17.9. The lowest BCUT2D eigenvalue weighted by Gasteiger charge is -2.36. The van der Waals surface area contributed by atoms with Crippen LogP contribution in [0.25, 0.3) is 0 Å². The molecule has 1 atom stereocenters. The van der Waals surface area contributed by atoms with Gasteiger partial charge in [-0.2, -0.15) is 0 Å². The van der Waals surface area contributed by atoms with Crippen LogP contribution in [0.2, 0.25) is 0 Å². The monoisotopic (exact) mass is 367 g/mol. The van der Waals surface area contributed by atoms with E-state index in [1.165, 1.54) is 0 Å². The number of ether oxygens (including phenoxy) is 1. The van der Waals surface area contributed by atoms with Gasteiger partial charge in [0.15, 0.2) is 9.84 Å². The molecule has 2 fully saturated rings. The van der Waals surface area contributed by atoms with Gasteiger partial charge in [0.25, 0.3) is 0 Å². The maximum absolute atomic E-state index is 12.1. The van der Waals surface area contributed by atoms with Crippen molar-refractivity contribution in [3.05, 3.63) is 24.3 Å². The Bertz CT molecular complexity index is 714. The zero-order valence-corrected chi connectivity index (χ0v) is 15.3. The highest BCUT2D eigenvalue weighted by atomic mass is 32.2.